The van der Waals surface area contributed by atoms with Gasteiger partial charge in [0.1, 0.15) is 11.2 Å². The Balaban J connectivity index is 1.98. The minimum atomic E-state index is -2.01. The van der Waals surface area contributed by atoms with Crippen LogP contribution in [0.25, 0.3) is 33.2 Å². The quantitative estimate of drug-likeness (QED) is 0.480. The molecule has 4 rings (SSSR count). The first-order valence-corrected chi connectivity index (χ1v) is 11.9. The molecule has 0 bridgehead atoms. The number of aryl methyl sites for hydroxylation is 1. The van der Waals surface area contributed by atoms with Crippen molar-refractivity contribution in [2.45, 2.75) is 32.9 Å². The van der Waals surface area contributed by atoms with E-state index in [1.54, 1.807) is 18.5 Å². The van der Waals surface area contributed by atoms with Crippen LogP contribution < -0.4 is 5.19 Å². The monoisotopic (exact) mass is 349 g/mol. The van der Waals surface area contributed by atoms with Gasteiger partial charge >= 0.3 is 0 Å². The fourth-order valence-corrected chi connectivity index (χ4v) is 4.86. The first-order valence-electron chi connectivity index (χ1n) is 9.88. The number of pyridine rings is 2. The fourth-order valence-electron chi connectivity index (χ4n) is 3.28. The summed E-state index contributed by atoms with van der Waals surface area (Å²) in [6.45, 7) is 4.92. The van der Waals surface area contributed by atoms with Gasteiger partial charge in [-0.2, -0.15) is 0 Å². The Morgan fingerprint density at radius 1 is 1.12 bits per heavy atom. The van der Waals surface area contributed by atoms with Gasteiger partial charge in [-0.15, -0.1) is 0 Å². The summed E-state index contributed by atoms with van der Waals surface area (Å²) in [4.78, 5) is 8.80. The SMILES string of the molecule is [2H]C([2H])([2H])Cc1ccnc(-c2ccc([Si](C)(C)C)c3c2oc2ccncc23)c1. The molecule has 0 saturated carbocycles. The molecule has 3 heterocycles. The molecule has 0 aliphatic rings. The van der Waals surface area contributed by atoms with Gasteiger partial charge < -0.3 is 4.42 Å². The molecule has 0 saturated heterocycles. The van der Waals surface area contributed by atoms with E-state index in [4.69, 9.17) is 8.53 Å². The molecule has 25 heavy (non-hydrogen) atoms. The highest BCUT2D eigenvalue weighted by atomic mass is 28.3. The van der Waals surface area contributed by atoms with Crippen molar-refractivity contribution in [1.82, 2.24) is 9.97 Å². The normalized spacial score (nSPS) is 14.4. The number of hydrogen-bond donors (Lipinski definition) is 0. The van der Waals surface area contributed by atoms with Gasteiger partial charge in [-0.1, -0.05) is 32.6 Å². The van der Waals surface area contributed by atoms with E-state index in [1.807, 2.05) is 24.4 Å². The minimum Gasteiger partial charge on any atom is -0.455 e. The number of aromatic nitrogens is 2. The predicted molar refractivity (Wildman–Crippen MR) is 107 cm³/mol. The molecule has 126 valence electrons. The highest BCUT2D eigenvalue weighted by Crippen LogP contribution is 2.35. The molecule has 4 heteroatoms. The van der Waals surface area contributed by atoms with Crippen LogP contribution in [0.2, 0.25) is 19.6 Å². The molecule has 0 radical (unpaired) electrons. The third-order valence-corrected chi connectivity index (χ3v) is 6.57. The van der Waals surface area contributed by atoms with Crippen LogP contribution in [0.4, 0.5) is 0 Å². The number of rotatable bonds is 3. The molecule has 0 aliphatic carbocycles. The molecular weight excluding hydrogens is 324 g/mol. The molecule has 3 aromatic heterocycles. The summed E-state index contributed by atoms with van der Waals surface area (Å²) in [6.07, 6.45) is 5.27. The Kier molecular flexibility index (Phi) is 2.98. The maximum Gasteiger partial charge on any atom is 0.144 e. The highest BCUT2D eigenvalue weighted by molar-refractivity contribution is 6.90. The number of hydrogen-bond acceptors (Lipinski definition) is 3. The third kappa shape index (κ3) is 2.67. The largest absolute Gasteiger partial charge is 0.455 e. The molecule has 3 nitrogen and oxygen atoms in total. The lowest BCUT2D eigenvalue weighted by Crippen LogP contribution is -2.37. The van der Waals surface area contributed by atoms with Crippen LogP contribution in [0.15, 0.2) is 53.3 Å². The number of furan rings is 1. The van der Waals surface area contributed by atoms with E-state index >= 15 is 0 Å². The highest BCUT2D eigenvalue weighted by Gasteiger charge is 2.24. The maximum absolute atomic E-state index is 7.54. The van der Waals surface area contributed by atoms with Crippen LogP contribution in [0, 0.1) is 0 Å². The summed E-state index contributed by atoms with van der Waals surface area (Å²) in [5.74, 6) is 0. The molecular formula is C21H22N2OSi. The van der Waals surface area contributed by atoms with Crippen molar-refractivity contribution in [3.8, 4) is 11.3 Å². The standard InChI is InChI=1S/C21H22N2OSi/c1-5-14-8-11-23-17(12-14)15-6-7-19(25(2,3)4)20-16-13-22-10-9-18(16)24-21(15)20/h6-13H,5H2,1-4H3/i1D3. The van der Waals surface area contributed by atoms with Crippen molar-refractivity contribution in [1.29, 1.82) is 0 Å². The smallest absolute Gasteiger partial charge is 0.144 e. The summed E-state index contributed by atoms with van der Waals surface area (Å²) in [6, 6.07) is 9.70. The molecule has 1 aromatic carbocycles. The van der Waals surface area contributed by atoms with Gasteiger partial charge in [0.15, 0.2) is 0 Å². The molecule has 0 N–H and O–H groups in total. The summed E-state index contributed by atoms with van der Waals surface area (Å²) in [5.41, 5.74) is 3.93. The van der Waals surface area contributed by atoms with Crippen molar-refractivity contribution in [2.75, 3.05) is 0 Å². The zero-order valence-electron chi connectivity index (χ0n) is 17.6. The number of benzene rings is 1. The van der Waals surface area contributed by atoms with E-state index < -0.39 is 14.9 Å². The van der Waals surface area contributed by atoms with Gasteiger partial charge in [-0.05, 0) is 41.4 Å². The first-order chi connectivity index (χ1) is 13.1. The van der Waals surface area contributed by atoms with E-state index in [1.165, 1.54) is 5.19 Å². The van der Waals surface area contributed by atoms with Gasteiger partial charge in [-0.3, -0.25) is 9.97 Å². The molecule has 0 aliphatic heterocycles. The van der Waals surface area contributed by atoms with Crippen LogP contribution in [-0.4, -0.2) is 18.0 Å². The first kappa shape index (κ1) is 12.8. The summed E-state index contributed by atoms with van der Waals surface area (Å²) < 4.78 is 28.9. The molecule has 0 amide bonds. The van der Waals surface area contributed by atoms with Crippen LogP contribution in [0.1, 0.15) is 16.5 Å². The molecule has 0 fully saturated rings. The lowest BCUT2D eigenvalue weighted by molar-refractivity contribution is 0.669. The van der Waals surface area contributed by atoms with Crippen LogP contribution in [-0.2, 0) is 6.42 Å². The summed E-state index contributed by atoms with van der Waals surface area (Å²) in [7, 11) is -1.63. The van der Waals surface area contributed by atoms with Gasteiger partial charge in [-0.25, -0.2) is 0 Å². The number of nitrogens with zero attached hydrogens (tertiary/aromatic N) is 2. The molecule has 4 aromatic rings. The fraction of sp³-hybridized carbons (Fsp3) is 0.238. The van der Waals surface area contributed by atoms with E-state index in [0.29, 0.717) is 0 Å². The Hall–Kier alpha value is -2.46. The average Bonchev–Trinajstić information content (AvgIpc) is 2.98. The van der Waals surface area contributed by atoms with E-state index in [0.717, 1.165) is 38.8 Å². The van der Waals surface area contributed by atoms with Crippen molar-refractivity contribution < 1.29 is 8.53 Å². The van der Waals surface area contributed by atoms with Crippen LogP contribution in [0.3, 0.4) is 0 Å². The second-order valence-corrected chi connectivity index (χ2v) is 12.4. The second-order valence-electron chi connectivity index (χ2n) is 7.31. The average molecular weight is 350 g/mol. The Bertz CT molecular complexity index is 1180. The van der Waals surface area contributed by atoms with Gasteiger partial charge in [0.25, 0.3) is 0 Å². The summed E-state index contributed by atoms with van der Waals surface area (Å²) in [5, 5.41) is 3.43. The summed E-state index contributed by atoms with van der Waals surface area (Å²) >= 11 is 0. The van der Waals surface area contributed by atoms with Gasteiger partial charge in [0.05, 0.1) is 13.8 Å². The maximum atomic E-state index is 7.54. The van der Waals surface area contributed by atoms with Gasteiger partial charge in [0, 0.05) is 39.0 Å². The minimum absolute atomic E-state index is 0.0166. The van der Waals surface area contributed by atoms with E-state index in [-0.39, 0.29) is 6.42 Å². The molecule has 0 atom stereocenters. The van der Waals surface area contributed by atoms with Crippen LogP contribution in [0.5, 0.6) is 0 Å². The van der Waals surface area contributed by atoms with Crippen LogP contribution >= 0.6 is 0 Å². The zero-order valence-corrected chi connectivity index (χ0v) is 15.6. The van der Waals surface area contributed by atoms with E-state index in [9.17, 15) is 0 Å². The topological polar surface area (TPSA) is 38.9 Å². The van der Waals surface area contributed by atoms with Crippen molar-refractivity contribution in [3.05, 3.63) is 54.5 Å². The van der Waals surface area contributed by atoms with Crippen molar-refractivity contribution in [3.63, 3.8) is 0 Å². The molecule has 0 unspecified atom stereocenters. The Morgan fingerprint density at radius 3 is 2.80 bits per heavy atom. The molecule has 0 spiro atoms. The Morgan fingerprint density at radius 2 is 2.00 bits per heavy atom. The lowest BCUT2D eigenvalue weighted by Gasteiger charge is -2.18. The van der Waals surface area contributed by atoms with Crippen molar-refractivity contribution in [2.24, 2.45) is 0 Å². The van der Waals surface area contributed by atoms with E-state index in [2.05, 4.69) is 35.7 Å². The zero-order chi connectivity index (χ0) is 20.1. The lowest BCUT2D eigenvalue weighted by atomic mass is 10.0. The third-order valence-electron chi connectivity index (χ3n) is 4.53. The Labute approximate surface area is 153 Å². The van der Waals surface area contributed by atoms with Crippen molar-refractivity contribution >= 4 is 35.2 Å². The predicted octanol–water partition coefficient (Wildman–Crippen LogP) is 5.15. The second kappa shape index (κ2) is 5.81. The number of fused-ring (bicyclic) bond motifs is 3. The van der Waals surface area contributed by atoms with Gasteiger partial charge in [0.2, 0.25) is 0 Å².